The Labute approximate surface area is 195 Å². The summed E-state index contributed by atoms with van der Waals surface area (Å²) in [5.74, 6) is 0.670. The molecule has 0 radical (unpaired) electrons. The number of fused-ring (bicyclic) bond motifs is 1. The fraction of sp³-hybridized carbons (Fsp3) is 0.435. The number of nitro benzene ring substituents is 1. The molecule has 2 aromatic rings. The molecule has 0 N–H and O–H groups in total. The molecule has 3 heterocycles. The molecule has 1 aromatic heterocycles. The molecular formula is C23H24N4O5S. The Morgan fingerprint density at radius 3 is 2.61 bits per heavy atom. The van der Waals surface area contributed by atoms with Crippen molar-refractivity contribution in [2.45, 2.75) is 37.5 Å². The first-order valence-corrected chi connectivity index (χ1v) is 11.6. The molecule has 172 valence electrons. The summed E-state index contributed by atoms with van der Waals surface area (Å²) in [5, 5.41) is 21.3. The number of nitro groups is 1. The number of carbonyl (C=O) groups excluding carboxylic acids is 1. The van der Waals surface area contributed by atoms with Gasteiger partial charge in [0.15, 0.2) is 5.78 Å². The van der Waals surface area contributed by atoms with Crippen LogP contribution in [0.25, 0.3) is 0 Å². The van der Waals surface area contributed by atoms with E-state index in [4.69, 9.17) is 14.5 Å². The standard InChI is InChI=1S/C23H24N4O5S/c1-23(2)11-17-18(12-24)22(25-21(19(17)13-32-23)26-7-9-31-10-8-26)33-14-20(28)15-3-5-16(6-4-15)27(29)30/h3-6H,7-11,13-14H2,1-2H3. The smallest absolute Gasteiger partial charge is 0.269 e. The SMILES string of the molecule is CC1(C)Cc2c(C#N)c(SCC(=O)c3ccc([N+](=O)[O-])cc3)nc(N3CCOCC3)c2CO1. The molecule has 2 aliphatic heterocycles. The topological polar surface area (TPSA) is 119 Å². The second-order valence-corrected chi connectivity index (χ2v) is 9.49. The van der Waals surface area contributed by atoms with Gasteiger partial charge in [0.05, 0.1) is 41.7 Å². The van der Waals surface area contributed by atoms with E-state index in [-0.39, 0.29) is 17.2 Å². The first-order valence-electron chi connectivity index (χ1n) is 10.6. The van der Waals surface area contributed by atoms with Crippen LogP contribution in [-0.2, 0) is 22.5 Å². The number of morpholine rings is 1. The molecule has 0 saturated carbocycles. The molecule has 33 heavy (non-hydrogen) atoms. The number of hydrogen-bond acceptors (Lipinski definition) is 9. The number of ketones is 1. The van der Waals surface area contributed by atoms with Crippen LogP contribution < -0.4 is 4.90 Å². The van der Waals surface area contributed by atoms with E-state index in [1.165, 1.54) is 36.0 Å². The average molecular weight is 469 g/mol. The van der Waals surface area contributed by atoms with Crippen LogP contribution in [0.4, 0.5) is 11.5 Å². The lowest BCUT2D eigenvalue weighted by atomic mass is 9.89. The first-order chi connectivity index (χ1) is 15.8. The Morgan fingerprint density at radius 2 is 1.97 bits per heavy atom. The van der Waals surface area contributed by atoms with Crippen molar-refractivity contribution in [3.63, 3.8) is 0 Å². The van der Waals surface area contributed by atoms with Crippen LogP contribution in [0, 0.1) is 21.4 Å². The van der Waals surface area contributed by atoms with E-state index in [2.05, 4.69) is 11.0 Å². The number of carbonyl (C=O) groups is 1. The van der Waals surface area contributed by atoms with Crippen molar-refractivity contribution < 1.29 is 19.2 Å². The number of ether oxygens (including phenoxy) is 2. The van der Waals surface area contributed by atoms with E-state index in [1.807, 2.05) is 13.8 Å². The number of thioether (sulfide) groups is 1. The van der Waals surface area contributed by atoms with Crippen LogP contribution in [0.5, 0.6) is 0 Å². The van der Waals surface area contributed by atoms with Crippen molar-refractivity contribution in [1.29, 1.82) is 5.26 Å². The van der Waals surface area contributed by atoms with Crippen LogP contribution in [0.3, 0.4) is 0 Å². The minimum Gasteiger partial charge on any atom is -0.378 e. The molecule has 9 nitrogen and oxygen atoms in total. The molecule has 0 unspecified atom stereocenters. The highest BCUT2D eigenvalue weighted by Gasteiger charge is 2.33. The number of anilines is 1. The third kappa shape index (κ3) is 5.00. The van der Waals surface area contributed by atoms with Gasteiger partial charge in [0.25, 0.3) is 5.69 Å². The van der Waals surface area contributed by atoms with Crippen LogP contribution in [-0.4, -0.2) is 53.3 Å². The van der Waals surface area contributed by atoms with E-state index >= 15 is 0 Å². The third-order valence-electron chi connectivity index (χ3n) is 5.73. The molecule has 1 fully saturated rings. The zero-order valence-electron chi connectivity index (χ0n) is 18.5. The lowest BCUT2D eigenvalue weighted by Crippen LogP contribution is -2.39. The van der Waals surface area contributed by atoms with Gasteiger partial charge in [-0.05, 0) is 31.5 Å². The Balaban J connectivity index is 1.64. The van der Waals surface area contributed by atoms with Gasteiger partial charge in [-0.2, -0.15) is 5.26 Å². The summed E-state index contributed by atoms with van der Waals surface area (Å²) in [4.78, 5) is 30.0. The lowest BCUT2D eigenvalue weighted by Gasteiger charge is -2.36. The highest BCUT2D eigenvalue weighted by atomic mass is 32.2. The van der Waals surface area contributed by atoms with Gasteiger partial charge in [-0.15, -0.1) is 0 Å². The molecule has 0 amide bonds. The summed E-state index contributed by atoms with van der Waals surface area (Å²) in [6.07, 6.45) is 0.578. The van der Waals surface area contributed by atoms with E-state index in [0.29, 0.717) is 55.5 Å². The van der Waals surface area contributed by atoms with Crippen LogP contribution in [0.2, 0.25) is 0 Å². The highest BCUT2D eigenvalue weighted by Crippen LogP contribution is 2.39. The van der Waals surface area contributed by atoms with Crippen LogP contribution in [0.15, 0.2) is 29.3 Å². The maximum Gasteiger partial charge on any atom is 0.269 e. The van der Waals surface area contributed by atoms with Gasteiger partial charge in [0.2, 0.25) is 0 Å². The van der Waals surface area contributed by atoms with Crippen LogP contribution in [0.1, 0.15) is 40.9 Å². The summed E-state index contributed by atoms with van der Waals surface area (Å²) >= 11 is 1.22. The summed E-state index contributed by atoms with van der Waals surface area (Å²) in [6.45, 7) is 6.96. The Morgan fingerprint density at radius 1 is 1.27 bits per heavy atom. The molecule has 10 heteroatoms. The quantitative estimate of drug-likeness (QED) is 0.271. The Kier molecular flexibility index (Phi) is 6.65. The van der Waals surface area contributed by atoms with Crippen molar-refractivity contribution >= 4 is 29.1 Å². The number of Topliss-reactive ketones (excluding diaryl/α,β-unsaturated/α-hetero) is 1. The van der Waals surface area contributed by atoms with Crippen molar-refractivity contribution in [3.05, 3.63) is 56.6 Å². The molecule has 0 aliphatic carbocycles. The summed E-state index contributed by atoms with van der Waals surface area (Å²) in [7, 11) is 0. The van der Waals surface area contributed by atoms with Crippen molar-refractivity contribution in [3.8, 4) is 6.07 Å². The minimum atomic E-state index is -0.502. The molecule has 1 aromatic carbocycles. The number of rotatable bonds is 6. The monoisotopic (exact) mass is 468 g/mol. The zero-order valence-corrected chi connectivity index (χ0v) is 19.3. The molecule has 0 atom stereocenters. The fourth-order valence-corrected chi connectivity index (χ4v) is 4.87. The van der Waals surface area contributed by atoms with Crippen molar-refractivity contribution in [2.24, 2.45) is 0 Å². The van der Waals surface area contributed by atoms with Crippen molar-refractivity contribution in [1.82, 2.24) is 4.98 Å². The third-order valence-corrected chi connectivity index (χ3v) is 6.70. The van der Waals surface area contributed by atoms with Gasteiger partial charge in [0.1, 0.15) is 16.9 Å². The highest BCUT2D eigenvalue weighted by molar-refractivity contribution is 8.00. The predicted octanol–water partition coefficient (Wildman–Crippen LogP) is 3.52. The summed E-state index contributed by atoms with van der Waals surface area (Å²) < 4.78 is 11.5. The van der Waals surface area contributed by atoms with E-state index < -0.39 is 10.5 Å². The summed E-state index contributed by atoms with van der Waals surface area (Å²) in [5.41, 5.74) is 2.25. The van der Waals surface area contributed by atoms with E-state index in [0.717, 1.165) is 16.9 Å². The normalized spacial score (nSPS) is 17.2. The number of non-ortho nitro benzene ring substituents is 1. The molecule has 1 saturated heterocycles. The lowest BCUT2D eigenvalue weighted by molar-refractivity contribution is -0.384. The predicted molar refractivity (Wildman–Crippen MR) is 123 cm³/mol. The number of nitriles is 1. The molecular weight excluding hydrogens is 444 g/mol. The number of benzene rings is 1. The largest absolute Gasteiger partial charge is 0.378 e. The number of nitrogens with zero attached hydrogens (tertiary/aromatic N) is 4. The Hall–Kier alpha value is -3.00. The maximum atomic E-state index is 12.7. The summed E-state index contributed by atoms with van der Waals surface area (Å²) in [6, 6.07) is 7.83. The maximum absolute atomic E-state index is 12.7. The fourth-order valence-electron chi connectivity index (χ4n) is 3.97. The van der Waals surface area contributed by atoms with Gasteiger partial charge in [0, 0.05) is 42.8 Å². The van der Waals surface area contributed by atoms with E-state index in [9.17, 15) is 20.2 Å². The average Bonchev–Trinajstić information content (AvgIpc) is 2.81. The minimum absolute atomic E-state index is 0.0673. The van der Waals surface area contributed by atoms with Crippen LogP contribution >= 0.6 is 11.8 Å². The second-order valence-electron chi connectivity index (χ2n) is 8.52. The first kappa shape index (κ1) is 23.2. The zero-order chi connectivity index (χ0) is 23.6. The molecule has 4 rings (SSSR count). The second kappa shape index (κ2) is 9.47. The van der Waals surface area contributed by atoms with Gasteiger partial charge in [-0.3, -0.25) is 14.9 Å². The van der Waals surface area contributed by atoms with Gasteiger partial charge < -0.3 is 14.4 Å². The van der Waals surface area contributed by atoms with Crippen molar-refractivity contribution in [2.75, 3.05) is 37.0 Å². The van der Waals surface area contributed by atoms with Gasteiger partial charge >= 0.3 is 0 Å². The van der Waals surface area contributed by atoms with E-state index in [1.54, 1.807) is 0 Å². The van der Waals surface area contributed by atoms with Gasteiger partial charge in [-0.1, -0.05) is 11.8 Å². The number of hydrogen-bond donors (Lipinski definition) is 0. The van der Waals surface area contributed by atoms with Gasteiger partial charge in [-0.25, -0.2) is 4.98 Å². The number of pyridine rings is 1. The molecule has 0 bridgehead atoms. The molecule has 2 aliphatic rings. The molecule has 0 spiro atoms. The number of aromatic nitrogens is 1. The Bertz CT molecular complexity index is 1120.